The molecule has 0 bridgehead atoms. The minimum absolute atomic E-state index is 0.00737. The van der Waals surface area contributed by atoms with E-state index in [1.165, 1.54) is 12.8 Å². The summed E-state index contributed by atoms with van der Waals surface area (Å²) in [5.74, 6) is 0.00737. The zero-order valence-corrected chi connectivity index (χ0v) is 14.7. The lowest BCUT2D eigenvalue weighted by atomic mass is 10.1. The topological polar surface area (TPSA) is 50.2 Å². The fourth-order valence-electron chi connectivity index (χ4n) is 3.32. The first-order valence-electron chi connectivity index (χ1n) is 8.61. The zero-order valence-electron chi connectivity index (χ0n) is 14.7. The molecular formula is C19H26N4O. The second-order valence-electron chi connectivity index (χ2n) is 6.77. The molecule has 128 valence electrons. The number of aromatic nitrogens is 2. The van der Waals surface area contributed by atoms with E-state index in [0.717, 1.165) is 36.6 Å². The first-order valence-corrected chi connectivity index (χ1v) is 8.61. The Bertz CT molecular complexity index is 705. The molecule has 0 spiro atoms. The van der Waals surface area contributed by atoms with Gasteiger partial charge in [0.15, 0.2) is 0 Å². The van der Waals surface area contributed by atoms with Crippen molar-refractivity contribution >= 4 is 5.91 Å². The van der Waals surface area contributed by atoms with Gasteiger partial charge in [0.1, 0.15) is 0 Å². The van der Waals surface area contributed by atoms with Gasteiger partial charge in [-0.25, -0.2) is 0 Å². The summed E-state index contributed by atoms with van der Waals surface area (Å²) in [6.07, 6.45) is 2.39. The van der Waals surface area contributed by atoms with Gasteiger partial charge in [0.05, 0.1) is 12.2 Å². The van der Waals surface area contributed by atoms with Crippen LogP contribution in [0.4, 0.5) is 0 Å². The molecule has 1 fully saturated rings. The predicted octanol–water partition coefficient (Wildman–Crippen LogP) is 2.37. The molecular weight excluding hydrogens is 300 g/mol. The van der Waals surface area contributed by atoms with Crippen LogP contribution >= 0.6 is 0 Å². The second-order valence-corrected chi connectivity index (χ2v) is 6.77. The average Bonchev–Trinajstić information content (AvgIpc) is 3.11. The number of benzene rings is 1. The number of likely N-dealkylation sites (tertiary alicyclic amines) is 1. The molecule has 0 aliphatic carbocycles. The van der Waals surface area contributed by atoms with E-state index in [1.807, 2.05) is 35.9 Å². The Hall–Kier alpha value is -2.14. The Kier molecular flexibility index (Phi) is 5.00. The maximum atomic E-state index is 12.3. The molecule has 3 rings (SSSR count). The molecule has 1 N–H and O–H groups in total. The number of nitrogens with zero attached hydrogens (tertiary/aromatic N) is 3. The summed E-state index contributed by atoms with van der Waals surface area (Å²) in [6.45, 7) is 6.64. The van der Waals surface area contributed by atoms with Crippen LogP contribution in [0.5, 0.6) is 0 Å². The lowest BCUT2D eigenvalue weighted by Crippen LogP contribution is -2.38. The van der Waals surface area contributed by atoms with Crippen LogP contribution in [0.1, 0.15) is 40.2 Å². The quantitative estimate of drug-likeness (QED) is 0.918. The maximum Gasteiger partial charge on any atom is 0.251 e. The van der Waals surface area contributed by atoms with Crippen molar-refractivity contribution in [3.63, 3.8) is 0 Å². The van der Waals surface area contributed by atoms with Gasteiger partial charge in [-0.2, -0.15) is 5.10 Å². The Balaban J connectivity index is 1.57. The Morgan fingerprint density at radius 1 is 1.29 bits per heavy atom. The number of carbonyl (C=O) groups is 1. The van der Waals surface area contributed by atoms with Crippen molar-refractivity contribution in [3.8, 4) is 0 Å². The number of likely N-dealkylation sites (N-methyl/N-ethyl adjacent to an activating group) is 1. The highest BCUT2D eigenvalue weighted by atomic mass is 16.1. The number of amides is 1. The normalized spacial score (nSPS) is 18.0. The summed E-state index contributed by atoms with van der Waals surface area (Å²) in [5, 5.41) is 7.53. The van der Waals surface area contributed by atoms with Gasteiger partial charge in [-0.05, 0) is 64.0 Å². The van der Waals surface area contributed by atoms with Crippen LogP contribution in [0.3, 0.4) is 0 Å². The van der Waals surface area contributed by atoms with Crippen molar-refractivity contribution in [2.45, 2.75) is 39.3 Å². The highest BCUT2D eigenvalue weighted by molar-refractivity contribution is 5.94. The molecule has 5 heteroatoms. The van der Waals surface area contributed by atoms with Crippen molar-refractivity contribution in [2.75, 3.05) is 20.1 Å². The van der Waals surface area contributed by atoms with E-state index in [2.05, 4.69) is 35.4 Å². The van der Waals surface area contributed by atoms with Crippen LogP contribution in [0, 0.1) is 13.8 Å². The highest BCUT2D eigenvalue weighted by Gasteiger charge is 2.21. The molecule has 1 aliphatic rings. The summed E-state index contributed by atoms with van der Waals surface area (Å²) < 4.78 is 1.99. The van der Waals surface area contributed by atoms with Gasteiger partial charge in [-0.15, -0.1) is 0 Å². The number of aryl methyl sites for hydroxylation is 2. The van der Waals surface area contributed by atoms with Crippen molar-refractivity contribution in [1.29, 1.82) is 0 Å². The van der Waals surface area contributed by atoms with E-state index < -0.39 is 0 Å². The Labute approximate surface area is 143 Å². The maximum absolute atomic E-state index is 12.3. The molecule has 1 saturated heterocycles. The largest absolute Gasteiger partial charge is 0.350 e. The second kappa shape index (κ2) is 7.18. The van der Waals surface area contributed by atoms with Crippen molar-refractivity contribution in [3.05, 3.63) is 52.8 Å². The molecule has 1 aromatic heterocycles. The molecule has 1 aromatic carbocycles. The molecule has 1 atom stereocenters. The average molecular weight is 326 g/mol. The third-order valence-electron chi connectivity index (χ3n) is 4.82. The molecule has 2 heterocycles. The van der Waals surface area contributed by atoms with Crippen molar-refractivity contribution < 1.29 is 4.79 Å². The highest BCUT2D eigenvalue weighted by Crippen LogP contribution is 2.14. The van der Waals surface area contributed by atoms with E-state index >= 15 is 0 Å². The summed E-state index contributed by atoms with van der Waals surface area (Å²) in [7, 11) is 2.12. The first kappa shape index (κ1) is 16.7. The van der Waals surface area contributed by atoms with Gasteiger partial charge in [0.2, 0.25) is 0 Å². The molecule has 0 radical (unpaired) electrons. The smallest absolute Gasteiger partial charge is 0.251 e. The van der Waals surface area contributed by atoms with Crippen LogP contribution in [0.25, 0.3) is 0 Å². The van der Waals surface area contributed by atoms with Crippen LogP contribution < -0.4 is 5.32 Å². The van der Waals surface area contributed by atoms with E-state index in [1.54, 1.807) is 0 Å². The number of nitrogens with one attached hydrogen (secondary N) is 1. The van der Waals surface area contributed by atoms with Crippen LogP contribution in [-0.2, 0) is 6.54 Å². The predicted molar refractivity (Wildman–Crippen MR) is 95.2 cm³/mol. The molecule has 24 heavy (non-hydrogen) atoms. The van der Waals surface area contributed by atoms with Crippen LogP contribution in [0.15, 0.2) is 30.3 Å². The van der Waals surface area contributed by atoms with E-state index in [9.17, 15) is 4.79 Å². The van der Waals surface area contributed by atoms with Gasteiger partial charge in [-0.3, -0.25) is 9.48 Å². The first-order chi connectivity index (χ1) is 11.5. The number of hydrogen-bond acceptors (Lipinski definition) is 3. The third kappa shape index (κ3) is 3.85. The fourth-order valence-corrected chi connectivity index (χ4v) is 3.32. The van der Waals surface area contributed by atoms with Gasteiger partial charge in [0, 0.05) is 23.8 Å². The summed E-state index contributed by atoms with van der Waals surface area (Å²) in [4.78, 5) is 14.6. The number of rotatable bonds is 5. The molecule has 2 aromatic rings. The monoisotopic (exact) mass is 326 g/mol. The number of hydrogen-bond donors (Lipinski definition) is 1. The minimum atomic E-state index is 0.00737. The Morgan fingerprint density at radius 2 is 2.04 bits per heavy atom. The molecule has 0 saturated carbocycles. The van der Waals surface area contributed by atoms with Gasteiger partial charge >= 0.3 is 0 Å². The third-order valence-corrected chi connectivity index (χ3v) is 4.82. The summed E-state index contributed by atoms with van der Waals surface area (Å²) >= 11 is 0. The van der Waals surface area contributed by atoms with Gasteiger partial charge in [0.25, 0.3) is 5.91 Å². The molecule has 1 aliphatic heterocycles. The van der Waals surface area contributed by atoms with E-state index in [0.29, 0.717) is 11.6 Å². The molecule has 5 nitrogen and oxygen atoms in total. The van der Waals surface area contributed by atoms with Crippen molar-refractivity contribution in [2.24, 2.45) is 0 Å². The van der Waals surface area contributed by atoms with Gasteiger partial charge in [-0.1, -0.05) is 12.1 Å². The van der Waals surface area contributed by atoms with Crippen LogP contribution in [-0.4, -0.2) is 46.8 Å². The van der Waals surface area contributed by atoms with E-state index in [-0.39, 0.29) is 5.91 Å². The fraction of sp³-hybridized carbons (Fsp3) is 0.474. The summed E-state index contributed by atoms with van der Waals surface area (Å²) in [6, 6.07) is 10.4. The molecule has 1 amide bonds. The zero-order chi connectivity index (χ0) is 17.1. The molecule has 0 unspecified atom stereocenters. The standard InChI is InChI=1S/C19H26N4O/c1-14-11-15(2)23(21-14)13-16-6-8-17(9-7-16)19(24)20-12-18-5-4-10-22(18)3/h6-9,11,18H,4-5,10,12-13H2,1-3H3,(H,20,24)/t18-/m1/s1. The lowest BCUT2D eigenvalue weighted by Gasteiger charge is -2.19. The Morgan fingerprint density at radius 3 is 2.62 bits per heavy atom. The van der Waals surface area contributed by atoms with Gasteiger partial charge < -0.3 is 10.2 Å². The SMILES string of the molecule is Cc1cc(C)n(Cc2ccc(C(=O)NC[C@H]3CCCN3C)cc2)n1. The van der Waals surface area contributed by atoms with Crippen molar-refractivity contribution in [1.82, 2.24) is 20.0 Å². The minimum Gasteiger partial charge on any atom is -0.350 e. The lowest BCUT2D eigenvalue weighted by molar-refractivity contribution is 0.0943. The number of carbonyl (C=O) groups excluding carboxylic acids is 1. The summed E-state index contributed by atoms with van der Waals surface area (Å²) in [5.41, 5.74) is 4.04. The van der Waals surface area contributed by atoms with Crippen LogP contribution in [0.2, 0.25) is 0 Å². The van der Waals surface area contributed by atoms with E-state index in [4.69, 9.17) is 0 Å².